The van der Waals surface area contributed by atoms with Gasteiger partial charge >= 0.3 is 12.0 Å². The van der Waals surface area contributed by atoms with Gasteiger partial charge in [-0.05, 0) is 55.2 Å². The van der Waals surface area contributed by atoms with E-state index in [-0.39, 0.29) is 17.7 Å². The van der Waals surface area contributed by atoms with Crippen molar-refractivity contribution in [3.8, 4) is 22.9 Å². The summed E-state index contributed by atoms with van der Waals surface area (Å²) in [6.45, 7) is 2.82. The Morgan fingerprint density at radius 1 is 1.17 bits per heavy atom. The van der Waals surface area contributed by atoms with Crippen LogP contribution in [0.25, 0.3) is 11.1 Å². The van der Waals surface area contributed by atoms with Gasteiger partial charge < -0.3 is 20.3 Å². The van der Waals surface area contributed by atoms with E-state index in [2.05, 4.69) is 25.9 Å². The molecule has 4 heterocycles. The number of carbonyl (C=O) groups is 2. The zero-order chi connectivity index (χ0) is 25.0. The molecule has 3 amide bonds. The van der Waals surface area contributed by atoms with Gasteiger partial charge in [-0.1, -0.05) is 0 Å². The third-order valence-corrected chi connectivity index (χ3v) is 7.07. The predicted molar refractivity (Wildman–Crippen MR) is 130 cm³/mol. The Morgan fingerprint density at radius 3 is 2.64 bits per heavy atom. The van der Waals surface area contributed by atoms with Crippen LogP contribution in [0.1, 0.15) is 29.8 Å². The number of imide groups is 1. The quantitative estimate of drug-likeness (QED) is 0.374. The fourth-order valence-electron chi connectivity index (χ4n) is 5.19. The van der Waals surface area contributed by atoms with Gasteiger partial charge in [0.2, 0.25) is 0 Å². The van der Waals surface area contributed by atoms with Crippen LogP contribution in [0, 0.1) is 12.7 Å². The number of hydrogen-bond donors (Lipinski definition) is 3. The van der Waals surface area contributed by atoms with Gasteiger partial charge in [0.15, 0.2) is 0 Å². The molecule has 0 saturated carbocycles. The summed E-state index contributed by atoms with van der Waals surface area (Å²) in [4.78, 5) is 39.9. The minimum Gasteiger partial charge on any atom is -0.423 e. The molecule has 3 N–H and O–H groups in total. The molecule has 1 spiro atoms. The van der Waals surface area contributed by atoms with Crippen LogP contribution >= 0.6 is 0 Å². The Labute approximate surface area is 206 Å². The highest BCUT2D eigenvalue weighted by Crippen LogP contribution is 2.46. The van der Waals surface area contributed by atoms with Crippen molar-refractivity contribution in [2.45, 2.75) is 31.7 Å². The number of amides is 3. The van der Waals surface area contributed by atoms with Crippen LogP contribution in [-0.2, 0) is 11.2 Å². The molecule has 0 unspecified atom stereocenters. The molecule has 1 aliphatic carbocycles. The third-order valence-electron chi connectivity index (χ3n) is 7.07. The van der Waals surface area contributed by atoms with Crippen molar-refractivity contribution in [1.29, 1.82) is 0 Å². The van der Waals surface area contributed by atoms with Gasteiger partial charge in [-0.25, -0.2) is 9.18 Å². The lowest BCUT2D eigenvalue weighted by Crippen LogP contribution is -2.55. The molecule has 3 aromatic rings. The summed E-state index contributed by atoms with van der Waals surface area (Å²) in [5.41, 5.74) is 3.81. The number of fused-ring (bicyclic) bond motifs is 3. The lowest BCUT2D eigenvalue weighted by atomic mass is 9.87. The highest BCUT2D eigenvalue weighted by Gasteiger charge is 2.48. The normalized spacial score (nSPS) is 17.5. The summed E-state index contributed by atoms with van der Waals surface area (Å²) in [5, 5.41) is 8.20. The van der Waals surface area contributed by atoms with E-state index in [1.54, 1.807) is 19.3 Å². The van der Waals surface area contributed by atoms with Gasteiger partial charge in [0.1, 0.15) is 22.9 Å². The molecular formula is C25H24FN7O3. The highest BCUT2D eigenvalue weighted by molar-refractivity contribution is 6.07. The van der Waals surface area contributed by atoms with Crippen LogP contribution < -0.4 is 25.6 Å². The van der Waals surface area contributed by atoms with E-state index in [0.29, 0.717) is 49.6 Å². The first kappa shape index (κ1) is 22.2. The molecule has 2 aliphatic heterocycles. The first-order chi connectivity index (χ1) is 17.3. The minimum absolute atomic E-state index is 0.167. The van der Waals surface area contributed by atoms with Gasteiger partial charge in [0, 0.05) is 43.5 Å². The number of aryl methyl sites for hydroxylation is 1. The van der Waals surface area contributed by atoms with Crippen molar-refractivity contribution in [1.82, 2.24) is 25.6 Å². The summed E-state index contributed by atoms with van der Waals surface area (Å²) >= 11 is 0. The first-order valence-corrected chi connectivity index (χ1v) is 11.8. The Bertz CT molecular complexity index is 1400. The van der Waals surface area contributed by atoms with Crippen molar-refractivity contribution < 1.29 is 18.7 Å². The Kier molecular flexibility index (Phi) is 5.02. The maximum absolute atomic E-state index is 14.5. The van der Waals surface area contributed by atoms with E-state index in [0.717, 1.165) is 28.1 Å². The van der Waals surface area contributed by atoms with Crippen molar-refractivity contribution in [2.75, 3.05) is 30.4 Å². The zero-order valence-corrected chi connectivity index (χ0v) is 19.8. The molecule has 2 aromatic heterocycles. The van der Waals surface area contributed by atoms with E-state index in [1.807, 2.05) is 17.9 Å². The molecular weight excluding hydrogens is 465 g/mol. The number of urea groups is 1. The molecule has 2 saturated heterocycles. The minimum atomic E-state index is -0.917. The van der Waals surface area contributed by atoms with E-state index in [1.165, 1.54) is 12.1 Å². The number of anilines is 2. The van der Waals surface area contributed by atoms with Crippen LogP contribution in [0.4, 0.5) is 20.7 Å². The van der Waals surface area contributed by atoms with Crippen molar-refractivity contribution in [3.05, 3.63) is 53.2 Å². The number of hydrogen-bond acceptors (Lipinski definition) is 8. The summed E-state index contributed by atoms with van der Waals surface area (Å²) in [6.07, 6.45) is 2.94. The van der Waals surface area contributed by atoms with E-state index < -0.39 is 11.6 Å². The lowest BCUT2D eigenvalue weighted by molar-refractivity contribution is -0.124. The number of benzene rings is 1. The van der Waals surface area contributed by atoms with Crippen molar-refractivity contribution in [2.24, 2.45) is 0 Å². The number of halogens is 1. The number of ether oxygens (including phenoxy) is 1. The topological polar surface area (TPSA) is 121 Å². The monoisotopic (exact) mass is 489 g/mol. The number of aromatic nitrogens is 3. The number of nitrogens with zero attached hydrogens (tertiary/aromatic N) is 4. The summed E-state index contributed by atoms with van der Waals surface area (Å²) in [7, 11) is 1.76. The third kappa shape index (κ3) is 3.58. The maximum atomic E-state index is 14.5. The average molecular weight is 490 g/mol. The molecule has 1 aromatic carbocycles. The van der Waals surface area contributed by atoms with Crippen LogP contribution in [0.5, 0.6) is 11.8 Å². The fourth-order valence-corrected chi connectivity index (χ4v) is 5.19. The molecule has 0 atom stereocenters. The molecule has 2 fully saturated rings. The predicted octanol–water partition coefficient (Wildman–Crippen LogP) is 2.90. The lowest BCUT2D eigenvalue weighted by Gasteiger charge is -2.38. The summed E-state index contributed by atoms with van der Waals surface area (Å²) in [5.74, 6) is 0.459. The van der Waals surface area contributed by atoms with Crippen LogP contribution in [-0.4, -0.2) is 52.6 Å². The molecule has 184 valence electrons. The second-order valence-electron chi connectivity index (χ2n) is 9.27. The number of rotatable bonds is 4. The number of piperidine rings is 1. The Balaban J connectivity index is 1.41. The molecule has 0 bridgehead atoms. The SMILES string of the molecule is CNc1cc(F)cc2c1Cc1nc(Oc3ccc(C)nc3)nc(N3CCC4(CC3)NC(=O)NC4=O)c1-2. The molecule has 10 nitrogen and oxygen atoms in total. The van der Waals surface area contributed by atoms with Crippen molar-refractivity contribution >= 4 is 23.4 Å². The van der Waals surface area contributed by atoms with E-state index in [4.69, 9.17) is 9.72 Å². The van der Waals surface area contributed by atoms with Gasteiger partial charge in [-0.15, -0.1) is 0 Å². The Morgan fingerprint density at radius 2 is 1.97 bits per heavy atom. The van der Waals surface area contributed by atoms with E-state index in [9.17, 15) is 14.0 Å². The molecule has 11 heteroatoms. The Hall–Kier alpha value is -4.28. The zero-order valence-electron chi connectivity index (χ0n) is 19.8. The van der Waals surface area contributed by atoms with Gasteiger partial charge in [0.05, 0.1) is 11.9 Å². The van der Waals surface area contributed by atoms with Crippen LogP contribution in [0.2, 0.25) is 0 Å². The smallest absolute Gasteiger partial charge is 0.324 e. The molecule has 36 heavy (non-hydrogen) atoms. The van der Waals surface area contributed by atoms with E-state index >= 15 is 0 Å². The average Bonchev–Trinajstić information content (AvgIpc) is 3.36. The fraction of sp³-hybridized carbons (Fsp3) is 0.320. The van der Waals surface area contributed by atoms with Crippen LogP contribution in [0.3, 0.4) is 0 Å². The number of pyridine rings is 1. The standard InChI is InChI=1S/C25H24FN7O3/c1-13-3-4-15(12-28-13)36-24-29-19-11-16-17(9-14(26)10-18(16)27-2)20(19)21(30-24)33-7-5-25(6-8-33)22(34)31-23(35)32-25/h3-4,9-10,12,27H,5-8,11H2,1-2H3,(H2,31,32,34,35). The molecule has 6 rings (SSSR count). The molecule has 0 radical (unpaired) electrons. The van der Waals surface area contributed by atoms with Gasteiger partial charge in [0.25, 0.3) is 5.91 Å². The van der Waals surface area contributed by atoms with Crippen molar-refractivity contribution in [3.63, 3.8) is 0 Å². The molecule has 3 aliphatic rings. The second kappa shape index (κ2) is 8.14. The second-order valence-corrected chi connectivity index (χ2v) is 9.27. The first-order valence-electron chi connectivity index (χ1n) is 11.8. The largest absolute Gasteiger partial charge is 0.423 e. The number of carbonyl (C=O) groups excluding carboxylic acids is 2. The number of nitrogens with one attached hydrogen (secondary N) is 3. The highest BCUT2D eigenvalue weighted by atomic mass is 19.1. The van der Waals surface area contributed by atoms with Crippen LogP contribution in [0.15, 0.2) is 30.5 Å². The summed E-state index contributed by atoms with van der Waals surface area (Å²) < 4.78 is 20.5. The van der Waals surface area contributed by atoms with Gasteiger partial charge in [-0.3, -0.25) is 15.1 Å². The van der Waals surface area contributed by atoms with Gasteiger partial charge in [-0.2, -0.15) is 9.97 Å². The summed E-state index contributed by atoms with van der Waals surface area (Å²) in [6, 6.07) is 6.32. The maximum Gasteiger partial charge on any atom is 0.324 e.